The Bertz CT molecular complexity index is 479. The van der Waals surface area contributed by atoms with Crippen LogP contribution in [-0.4, -0.2) is 62.8 Å². The average molecular weight is 300 g/mol. The van der Waals surface area contributed by atoms with Crippen molar-refractivity contribution in [3.8, 4) is 5.75 Å². The van der Waals surface area contributed by atoms with Crippen molar-refractivity contribution in [1.82, 2.24) is 9.47 Å². The van der Waals surface area contributed by atoms with Gasteiger partial charge in [-0.2, -0.15) is 0 Å². The Labute approximate surface area is 123 Å². The minimum absolute atomic E-state index is 0.0560. The van der Waals surface area contributed by atoms with Crippen LogP contribution in [0.1, 0.15) is 25.1 Å². The van der Waals surface area contributed by atoms with Crippen LogP contribution in [0.5, 0.6) is 5.75 Å². The first kappa shape index (κ1) is 17.6. The van der Waals surface area contributed by atoms with E-state index in [-0.39, 0.29) is 31.6 Å². The van der Waals surface area contributed by atoms with Crippen molar-refractivity contribution in [3.63, 3.8) is 0 Å². The molecule has 1 aromatic rings. The summed E-state index contributed by atoms with van der Waals surface area (Å²) in [4.78, 5) is 13.4. The summed E-state index contributed by atoms with van der Waals surface area (Å²) in [6, 6.07) is 1.09. The SMILES string of the molecule is CCC(CO)n1cc(O)c(=O)cc1CN(CCO)CCO. The molecule has 0 spiro atoms. The van der Waals surface area contributed by atoms with Crippen LogP contribution in [0.4, 0.5) is 0 Å². The Balaban J connectivity index is 3.13. The van der Waals surface area contributed by atoms with E-state index in [4.69, 9.17) is 10.2 Å². The Morgan fingerprint density at radius 3 is 2.33 bits per heavy atom. The molecular weight excluding hydrogens is 276 g/mol. The number of aromatic hydroxyl groups is 1. The predicted molar refractivity (Wildman–Crippen MR) is 78.2 cm³/mol. The standard InChI is InChI=1S/C14H24N2O5/c1-2-11(10-19)16-9-14(21)13(20)7-12(16)8-15(3-5-17)4-6-18/h7,9,11,17-19,21H,2-6,8,10H2,1H3. The third-order valence-corrected chi connectivity index (χ3v) is 3.44. The smallest absolute Gasteiger partial charge is 0.223 e. The second-order valence-electron chi connectivity index (χ2n) is 4.89. The molecule has 0 aromatic carbocycles. The Morgan fingerprint density at radius 1 is 1.24 bits per heavy atom. The van der Waals surface area contributed by atoms with Crippen LogP contribution < -0.4 is 5.43 Å². The van der Waals surface area contributed by atoms with E-state index in [9.17, 15) is 15.0 Å². The monoisotopic (exact) mass is 300 g/mol. The normalized spacial score (nSPS) is 12.8. The van der Waals surface area contributed by atoms with Crippen molar-refractivity contribution in [3.05, 3.63) is 28.2 Å². The maximum atomic E-state index is 11.6. The molecule has 120 valence electrons. The van der Waals surface area contributed by atoms with Crippen molar-refractivity contribution < 1.29 is 20.4 Å². The summed E-state index contributed by atoms with van der Waals surface area (Å²) in [6.07, 6.45) is 1.98. The summed E-state index contributed by atoms with van der Waals surface area (Å²) in [5.74, 6) is -0.360. The molecule has 4 N–H and O–H groups in total. The molecule has 7 nitrogen and oxygen atoms in total. The second kappa shape index (κ2) is 8.78. The summed E-state index contributed by atoms with van der Waals surface area (Å²) in [5.41, 5.74) is 0.141. The molecule has 1 unspecified atom stereocenters. The molecule has 7 heteroatoms. The summed E-state index contributed by atoms with van der Waals surface area (Å²) < 4.78 is 1.68. The maximum absolute atomic E-state index is 11.6. The Kier molecular flexibility index (Phi) is 7.38. The first-order valence-corrected chi connectivity index (χ1v) is 7.06. The lowest BCUT2D eigenvalue weighted by Gasteiger charge is -2.26. The Morgan fingerprint density at radius 2 is 1.86 bits per heavy atom. The number of aliphatic hydroxyl groups excluding tert-OH is 3. The van der Waals surface area contributed by atoms with E-state index >= 15 is 0 Å². The lowest BCUT2D eigenvalue weighted by Crippen LogP contribution is -2.32. The Hall–Kier alpha value is -1.41. The van der Waals surface area contributed by atoms with Gasteiger partial charge in [0.25, 0.3) is 0 Å². The van der Waals surface area contributed by atoms with Crippen molar-refractivity contribution in [2.45, 2.75) is 25.9 Å². The fraction of sp³-hybridized carbons (Fsp3) is 0.643. The van der Waals surface area contributed by atoms with Gasteiger partial charge in [-0.1, -0.05) is 6.92 Å². The molecule has 0 saturated carbocycles. The van der Waals surface area contributed by atoms with Gasteiger partial charge >= 0.3 is 0 Å². The number of rotatable bonds is 9. The van der Waals surface area contributed by atoms with Crippen molar-refractivity contribution in [2.24, 2.45) is 0 Å². The summed E-state index contributed by atoms with van der Waals surface area (Å²) in [7, 11) is 0. The largest absolute Gasteiger partial charge is 0.503 e. The quantitative estimate of drug-likeness (QED) is 0.480. The van der Waals surface area contributed by atoms with Crippen molar-refractivity contribution in [1.29, 1.82) is 0 Å². The van der Waals surface area contributed by atoms with Gasteiger partial charge in [0.15, 0.2) is 5.75 Å². The molecule has 21 heavy (non-hydrogen) atoms. The van der Waals surface area contributed by atoms with E-state index in [0.29, 0.717) is 31.7 Å². The minimum atomic E-state index is -0.484. The fourth-order valence-electron chi connectivity index (χ4n) is 2.24. The topological polar surface area (TPSA) is 106 Å². The molecule has 1 atom stereocenters. The van der Waals surface area contributed by atoms with Crippen LogP contribution in [-0.2, 0) is 6.54 Å². The van der Waals surface area contributed by atoms with Gasteiger partial charge in [0.05, 0.1) is 32.1 Å². The van der Waals surface area contributed by atoms with Gasteiger partial charge in [-0.05, 0) is 6.42 Å². The van der Waals surface area contributed by atoms with Crippen LogP contribution in [0.25, 0.3) is 0 Å². The minimum Gasteiger partial charge on any atom is -0.503 e. The molecule has 0 radical (unpaired) electrons. The van der Waals surface area contributed by atoms with Crippen LogP contribution >= 0.6 is 0 Å². The van der Waals surface area contributed by atoms with Gasteiger partial charge in [0.2, 0.25) is 5.43 Å². The van der Waals surface area contributed by atoms with Gasteiger partial charge < -0.3 is 25.0 Å². The zero-order valence-electron chi connectivity index (χ0n) is 12.3. The molecule has 0 saturated heterocycles. The molecule has 0 fully saturated rings. The molecule has 0 aliphatic rings. The van der Waals surface area contributed by atoms with Gasteiger partial charge in [0.1, 0.15) is 0 Å². The van der Waals surface area contributed by atoms with E-state index in [1.165, 1.54) is 12.3 Å². The number of nitrogens with zero attached hydrogens (tertiary/aromatic N) is 2. The molecule has 0 aliphatic heterocycles. The van der Waals surface area contributed by atoms with E-state index in [1.807, 2.05) is 6.92 Å². The molecule has 1 aromatic heterocycles. The highest BCUT2D eigenvalue weighted by Gasteiger charge is 2.15. The highest BCUT2D eigenvalue weighted by atomic mass is 16.3. The summed E-state index contributed by atoms with van der Waals surface area (Å²) in [6.45, 7) is 2.76. The zero-order valence-corrected chi connectivity index (χ0v) is 12.3. The lowest BCUT2D eigenvalue weighted by atomic mass is 10.2. The predicted octanol–water partition coefficient (Wildman–Crippen LogP) is -0.716. The molecule has 1 rings (SSSR count). The van der Waals surface area contributed by atoms with Crippen LogP contribution in [0.2, 0.25) is 0 Å². The number of hydrogen-bond acceptors (Lipinski definition) is 6. The lowest BCUT2D eigenvalue weighted by molar-refractivity contribution is 0.150. The highest BCUT2D eigenvalue weighted by Crippen LogP contribution is 2.17. The zero-order chi connectivity index (χ0) is 15.8. The summed E-state index contributed by atoms with van der Waals surface area (Å²) in [5, 5.41) is 37.1. The van der Waals surface area contributed by atoms with E-state index < -0.39 is 5.43 Å². The van der Waals surface area contributed by atoms with Crippen LogP contribution in [0.15, 0.2) is 17.1 Å². The fourth-order valence-corrected chi connectivity index (χ4v) is 2.24. The average Bonchev–Trinajstić information content (AvgIpc) is 2.45. The van der Waals surface area contributed by atoms with Gasteiger partial charge in [0, 0.05) is 31.4 Å². The van der Waals surface area contributed by atoms with E-state index in [1.54, 1.807) is 9.47 Å². The molecule has 0 bridgehead atoms. The van der Waals surface area contributed by atoms with Crippen molar-refractivity contribution in [2.75, 3.05) is 32.9 Å². The van der Waals surface area contributed by atoms with Crippen LogP contribution in [0.3, 0.4) is 0 Å². The van der Waals surface area contributed by atoms with Gasteiger partial charge in [-0.3, -0.25) is 9.69 Å². The molecule has 0 aliphatic carbocycles. The first-order valence-electron chi connectivity index (χ1n) is 7.06. The number of aromatic nitrogens is 1. The second-order valence-corrected chi connectivity index (χ2v) is 4.89. The van der Waals surface area contributed by atoms with Gasteiger partial charge in [-0.25, -0.2) is 0 Å². The van der Waals surface area contributed by atoms with E-state index in [0.717, 1.165) is 0 Å². The molecule has 0 amide bonds. The third kappa shape index (κ3) is 4.82. The van der Waals surface area contributed by atoms with Crippen LogP contribution in [0, 0.1) is 0 Å². The molecular formula is C14H24N2O5. The van der Waals surface area contributed by atoms with Crippen molar-refractivity contribution >= 4 is 0 Å². The summed E-state index contributed by atoms with van der Waals surface area (Å²) >= 11 is 0. The van der Waals surface area contributed by atoms with E-state index in [2.05, 4.69) is 0 Å². The van der Waals surface area contributed by atoms with Gasteiger partial charge in [-0.15, -0.1) is 0 Å². The third-order valence-electron chi connectivity index (χ3n) is 3.44. The molecule has 1 heterocycles. The number of aliphatic hydroxyl groups is 3. The maximum Gasteiger partial charge on any atom is 0.223 e. The highest BCUT2D eigenvalue weighted by molar-refractivity contribution is 5.21. The first-order chi connectivity index (χ1) is 10.1. The number of pyridine rings is 1. The number of hydrogen-bond donors (Lipinski definition) is 4.